The van der Waals surface area contributed by atoms with Crippen LogP contribution in [0.15, 0.2) is 36.4 Å². The maximum atomic E-state index is 12.9. The normalized spacial score (nSPS) is 16.2. The Morgan fingerprint density at radius 1 is 0.906 bits per heavy atom. The standard InChI is InChI=1S/C24H27N3O5/c1-31-21-7-4-18(14-22(21)32-2)24(30)27-11-9-26(10-12-27)15-20(28)17-3-6-19-16(13-17)5-8-23(29)25-19/h3-4,6-7,13-14H,5,8-12,15H2,1-2H3,(H,25,29). The number of carbonyl (C=O) groups excluding carboxylic acids is 3. The number of anilines is 1. The van der Waals surface area contributed by atoms with Crippen molar-refractivity contribution >= 4 is 23.3 Å². The zero-order valence-electron chi connectivity index (χ0n) is 18.3. The summed E-state index contributed by atoms with van der Waals surface area (Å²) < 4.78 is 10.5. The number of Topliss-reactive ketones (excluding diaryl/α,β-unsaturated/α-hetero) is 1. The van der Waals surface area contributed by atoms with Crippen LogP contribution in [0.3, 0.4) is 0 Å². The van der Waals surface area contributed by atoms with Crippen molar-refractivity contribution in [3.8, 4) is 11.5 Å². The van der Waals surface area contributed by atoms with Crippen LogP contribution in [0.5, 0.6) is 11.5 Å². The van der Waals surface area contributed by atoms with Gasteiger partial charge in [-0.05, 0) is 48.4 Å². The lowest BCUT2D eigenvalue weighted by molar-refractivity contribution is -0.116. The van der Waals surface area contributed by atoms with E-state index < -0.39 is 0 Å². The monoisotopic (exact) mass is 437 g/mol. The molecule has 0 aromatic heterocycles. The second kappa shape index (κ2) is 9.40. The number of nitrogens with one attached hydrogen (secondary N) is 1. The quantitative estimate of drug-likeness (QED) is 0.698. The molecule has 8 heteroatoms. The average Bonchev–Trinajstić information content (AvgIpc) is 2.83. The van der Waals surface area contributed by atoms with E-state index in [1.165, 1.54) is 0 Å². The summed E-state index contributed by atoms with van der Waals surface area (Å²) in [7, 11) is 3.10. The molecular formula is C24H27N3O5. The van der Waals surface area contributed by atoms with E-state index in [9.17, 15) is 14.4 Å². The third kappa shape index (κ3) is 4.60. The Morgan fingerprint density at radius 3 is 2.34 bits per heavy atom. The molecule has 32 heavy (non-hydrogen) atoms. The Bertz CT molecular complexity index is 1040. The second-order valence-electron chi connectivity index (χ2n) is 7.98. The van der Waals surface area contributed by atoms with Gasteiger partial charge in [-0.15, -0.1) is 0 Å². The van der Waals surface area contributed by atoms with E-state index in [0.29, 0.717) is 68.2 Å². The molecule has 0 spiro atoms. The van der Waals surface area contributed by atoms with Gasteiger partial charge in [0.2, 0.25) is 5.91 Å². The minimum Gasteiger partial charge on any atom is -0.493 e. The van der Waals surface area contributed by atoms with Crippen molar-refractivity contribution in [2.45, 2.75) is 12.8 Å². The van der Waals surface area contributed by atoms with Gasteiger partial charge in [-0.1, -0.05) is 0 Å². The Labute approximate surface area is 187 Å². The van der Waals surface area contributed by atoms with Gasteiger partial charge in [-0.2, -0.15) is 0 Å². The Morgan fingerprint density at radius 2 is 1.62 bits per heavy atom. The predicted octanol–water partition coefficient (Wildman–Crippen LogP) is 2.23. The summed E-state index contributed by atoms with van der Waals surface area (Å²) in [6, 6.07) is 10.6. The molecular weight excluding hydrogens is 410 g/mol. The summed E-state index contributed by atoms with van der Waals surface area (Å²) in [6.07, 6.45) is 1.10. The summed E-state index contributed by atoms with van der Waals surface area (Å²) in [4.78, 5) is 41.1. The SMILES string of the molecule is COc1ccc(C(=O)N2CCN(CC(=O)c3ccc4c(c3)CCC(=O)N4)CC2)cc1OC. The molecule has 2 aliphatic rings. The van der Waals surface area contributed by atoms with Crippen LogP contribution >= 0.6 is 0 Å². The fraction of sp³-hybridized carbons (Fsp3) is 0.375. The lowest BCUT2D eigenvalue weighted by atomic mass is 9.98. The highest BCUT2D eigenvalue weighted by atomic mass is 16.5. The molecule has 0 bridgehead atoms. The summed E-state index contributed by atoms with van der Waals surface area (Å²) in [5.41, 5.74) is 3.00. The molecule has 2 aromatic rings. The van der Waals surface area contributed by atoms with Crippen molar-refractivity contribution in [3.05, 3.63) is 53.1 Å². The van der Waals surface area contributed by atoms with Crippen LogP contribution in [0.2, 0.25) is 0 Å². The summed E-state index contributed by atoms with van der Waals surface area (Å²) in [6.45, 7) is 2.68. The largest absolute Gasteiger partial charge is 0.493 e. The van der Waals surface area contributed by atoms with Gasteiger partial charge in [-0.25, -0.2) is 0 Å². The zero-order valence-corrected chi connectivity index (χ0v) is 18.3. The molecule has 0 saturated carbocycles. The molecule has 0 aliphatic carbocycles. The molecule has 0 atom stereocenters. The van der Waals surface area contributed by atoms with Crippen molar-refractivity contribution in [2.75, 3.05) is 52.3 Å². The van der Waals surface area contributed by atoms with Crippen LogP contribution in [0.25, 0.3) is 0 Å². The van der Waals surface area contributed by atoms with E-state index in [1.807, 2.05) is 6.07 Å². The van der Waals surface area contributed by atoms with Crippen molar-refractivity contribution < 1.29 is 23.9 Å². The molecule has 2 aliphatic heterocycles. The van der Waals surface area contributed by atoms with Gasteiger partial charge in [0.05, 0.1) is 20.8 Å². The van der Waals surface area contributed by atoms with Crippen molar-refractivity contribution in [1.82, 2.24) is 9.80 Å². The number of benzene rings is 2. The van der Waals surface area contributed by atoms with Gasteiger partial charge < -0.3 is 19.7 Å². The first kappa shape index (κ1) is 21.8. The third-order valence-electron chi connectivity index (χ3n) is 5.98. The van der Waals surface area contributed by atoms with E-state index in [4.69, 9.17) is 9.47 Å². The summed E-state index contributed by atoms with van der Waals surface area (Å²) in [5.74, 6) is 1.10. The first-order chi connectivity index (χ1) is 15.5. The number of methoxy groups -OCH3 is 2. The maximum Gasteiger partial charge on any atom is 0.254 e. The Balaban J connectivity index is 1.33. The maximum absolute atomic E-state index is 12.9. The average molecular weight is 437 g/mol. The van der Waals surface area contributed by atoms with Crippen molar-refractivity contribution in [2.24, 2.45) is 0 Å². The number of aryl methyl sites for hydroxylation is 1. The molecule has 1 saturated heterocycles. The third-order valence-corrected chi connectivity index (χ3v) is 5.98. The smallest absolute Gasteiger partial charge is 0.254 e. The topological polar surface area (TPSA) is 88.2 Å². The number of carbonyl (C=O) groups is 3. The second-order valence-corrected chi connectivity index (χ2v) is 7.98. The fourth-order valence-corrected chi connectivity index (χ4v) is 4.11. The molecule has 8 nitrogen and oxygen atoms in total. The van der Waals surface area contributed by atoms with Gasteiger partial charge >= 0.3 is 0 Å². The van der Waals surface area contributed by atoms with Gasteiger partial charge in [0.15, 0.2) is 17.3 Å². The Hall–Kier alpha value is -3.39. The van der Waals surface area contributed by atoms with Crippen LogP contribution < -0.4 is 14.8 Å². The number of hydrogen-bond donors (Lipinski definition) is 1. The summed E-state index contributed by atoms with van der Waals surface area (Å²) in [5, 5.41) is 2.84. The molecule has 1 N–H and O–H groups in total. The molecule has 2 aromatic carbocycles. The highest BCUT2D eigenvalue weighted by Crippen LogP contribution is 2.28. The molecule has 168 valence electrons. The minimum absolute atomic E-state index is 0.0112. The summed E-state index contributed by atoms with van der Waals surface area (Å²) >= 11 is 0. The highest BCUT2D eigenvalue weighted by Gasteiger charge is 2.25. The van der Waals surface area contributed by atoms with Crippen LogP contribution in [-0.4, -0.2) is 74.3 Å². The Kier molecular flexibility index (Phi) is 6.41. The van der Waals surface area contributed by atoms with Crippen molar-refractivity contribution in [3.63, 3.8) is 0 Å². The zero-order chi connectivity index (χ0) is 22.7. The number of amides is 2. The number of ether oxygens (including phenoxy) is 2. The van der Waals surface area contributed by atoms with E-state index >= 15 is 0 Å². The van der Waals surface area contributed by atoms with Crippen molar-refractivity contribution in [1.29, 1.82) is 0 Å². The molecule has 1 fully saturated rings. The molecule has 2 heterocycles. The number of rotatable bonds is 6. The van der Waals surface area contributed by atoms with Gasteiger partial charge in [0.1, 0.15) is 0 Å². The van der Waals surface area contributed by atoms with Crippen LogP contribution in [0, 0.1) is 0 Å². The lowest BCUT2D eigenvalue weighted by Crippen LogP contribution is -2.49. The van der Waals surface area contributed by atoms with E-state index in [-0.39, 0.29) is 17.6 Å². The van der Waals surface area contributed by atoms with Gasteiger partial charge in [0, 0.05) is 49.4 Å². The van der Waals surface area contributed by atoms with Crippen LogP contribution in [-0.2, 0) is 11.2 Å². The minimum atomic E-state index is -0.0614. The number of fused-ring (bicyclic) bond motifs is 1. The van der Waals surface area contributed by atoms with Gasteiger partial charge in [-0.3, -0.25) is 19.3 Å². The van der Waals surface area contributed by atoms with E-state index in [2.05, 4.69) is 10.2 Å². The highest BCUT2D eigenvalue weighted by molar-refractivity contribution is 6.00. The molecule has 4 rings (SSSR count). The first-order valence-corrected chi connectivity index (χ1v) is 10.7. The molecule has 0 unspecified atom stereocenters. The van der Waals surface area contributed by atoms with E-state index in [0.717, 1.165) is 11.3 Å². The number of nitrogens with zero attached hydrogens (tertiary/aromatic N) is 2. The van der Waals surface area contributed by atoms with Gasteiger partial charge in [0.25, 0.3) is 5.91 Å². The van der Waals surface area contributed by atoms with E-state index in [1.54, 1.807) is 49.5 Å². The first-order valence-electron chi connectivity index (χ1n) is 10.7. The predicted molar refractivity (Wildman–Crippen MR) is 120 cm³/mol. The molecule has 2 amide bonds. The van der Waals surface area contributed by atoms with Crippen LogP contribution in [0.4, 0.5) is 5.69 Å². The number of piperazine rings is 1. The molecule has 0 radical (unpaired) electrons. The number of ketones is 1. The van der Waals surface area contributed by atoms with Crippen LogP contribution in [0.1, 0.15) is 32.7 Å². The fourth-order valence-electron chi connectivity index (χ4n) is 4.11. The number of hydrogen-bond acceptors (Lipinski definition) is 6. The lowest BCUT2D eigenvalue weighted by Gasteiger charge is -2.34.